The first-order chi connectivity index (χ1) is 30.3. The van der Waals surface area contributed by atoms with Crippen LogP contribution in [0.4, 0.5) is 0 Å². The molecule has 0 spiro atoms. The molecule has 0 bridgehead atoms. The van der Waals surface area contributed by atoms with E-state index in [1.165, 1.54) is 49.0 Å². The highest BCUT2D eigenvalue weighted by molar-refractivity contribution is 9.11. The zero-order valence-electron chi connectivity index (χ0n) is 32.5. The molecule has 65 heavy (non-hydrogen) atoms. The van der Waals surface area contributed by atoms with Crippen LogP contribution in [-0.2, 0) is 0 Å². The molecule has 3 amide bonds. The molecule has 6 aromatic carbocycles. The number of rotatable bonds is 9. The third-order valence-electron chi connectivity index (χ3n) is 7.89. The molecule has 0 saturated carbocycles. The van der Waals surface area contributed by atoms with Gasteiger partial charge in [-0.25, -0.2) is 16.3 Å². The number of aromatic hydroxyl groups is 5. The summed E-state index contributed by atoms with van der Waals surface area (Å²) in [6.07, 6.45) is 4.02. The number of phenols is 5. The summed E-state index contributed by atoms with van der Waals surface area (Å²) < 4.78 is 4.75. The van der Waals surface area contributed by atoms with E-state index in [9.17, 15) is 39.9 Å². The number of amides is 3. The molecule has 0 heterocycles. The average Bonchev–Trinajstić information content (AvgIpc) is 3.24. The minimum atomic E-state index is -0.566. The minimum Gasteiger partial charge on any atom is -0.507 e. The lowest BCUT2D eigenvalue weighted by atomic mass is 10.1. The highest BCUT2D eigenvalue weighted by Crippen LogP contribution is 2.31. The highest BCUT2D eigenvalue weighted by Gasteiger charge is 2.13. The topological polar surface area (TPSA) is 226 Å². The van der Waals surface area contributed by atoms with E-state index in [-0.39, 0.29) is 53.2 Å². The van der Waals surface area contributed by atoms with Crippen LogP contribution in [0.5, 0.6) is 28.7 Å². The highest BCUT2D eigenvalue weighted by atomic mass is 79.9. The number of halogens is 7. The number of nitrogens with zero attached hydrogens (tertiary/aromatic N) is 3. The van der Waals surface area contributed by atoms with Gasteiger partial charge in [0.15, 0.2) is 0 Å². The summed E-state index contributed by atoms with van der Waals surface area (Å²) in [5, 5.41) is 60.1. The molecule has 6 aromatic rings. The zero-order valence-corrected chi connectivity index (χ0v) is 43.6. The fourth-order valence-corrected chi connectivity index (χ4v) is 8.20. The van der Waals surface area contributed by atoms with E-state index in [1.807, 2.05) is 13.0 Å². The summed E-state index contributed by atoms with van der Waals surface area (Å²) >= 11 is 22.8. The Labute approximate surface area is 431 Å². The van der Waals surface area contributed by atoms with Crippen LogP contribution in [0.3, 0.4) is 0 Å². The average molecular weight is 1340 g/mol. The predicted molar refractivity (Wildman–Crippen MR) is 278 cm³/mol. The van der Waals surface area contributed by atoms with E-state index in [1.54, 1.807) is 66.7 Å². The molecule has 21 heteroatoms. The first-order valence-corrected chi connectivity index (χ1v) is 23.3. The van der Waals surface area contributed by atoms with Crippen LogP contribution in [0.1, 0.15) is 60.8 Å². The molecule has 14 nitrogen and oxygen atoms in total. The van der Waals surface area contributed by atoms with Crippen molar-refractivity contribution in [3.63, 3.8) is 0 Å². The van der Waals surface area contributed by atoms with Gasteiger partial charge < -0.3 is 25.5 Å². The standard InChI is InChI=1S/C15H12Br2N2O2.C14H9Br3N2O3.C14H10Br2N2O3.CH4/c1-9-5-11(14(20)13(17)6-9)8-18-19-15(21)10-3-2-4-12(16)7-10;15-8-1-2-12(20)10(4-8)14(22)19-18-6-7-3-9(16)5-11(17)13(7)21;15-9-1-3-12(19)8(5-9)7-17-18-14(21)11-6-10(16)2-4-13(11)20;/h2-8,20H,1H3,(H,19,21);1-6,20-21H,(H,19,22);1-7,19-20H,(H,18,21);1H4/b18-8+;18-6+;17-7+;. The molecule has 0 unspecified atom stereocenters. The van der Waals surface area contributed by atoms with Crippen LogP contribution in [-0.4, -0.2) is 61.9 Å². The maximum absolute atomic E-state index is 11.9. The number of hydrogen-bond acceptors (Lipinski definition) is 11. The quantitative estimate of drug-likeness (QED) is 0.0512. The predicted octanol–water partition coefficient (Wildman–Crippen LogP) is 12.2. The molecule has 0 aliphatic heterocycles. The molecule has 0 aliphatic rings. The van der Waals surface area contributed by atoms with E-state index in [0.29, 0.717) is 40.1 Å². The van der Waals surface area contributed by atoms with Crippen molar-refractivity contribution in [2.45, 2.75) is 14.4 Å². The lowest BCUT2D eigenvalue weighted by Crippen LogP contribution is -2.17. The number of phenolic OH excluding ortho intramolecular Hbond substituents is 5. The normalized spacial score (nSPS) is 10.6. The molecule has 0 fully saturated rings. The van der Waals surface area contributed by atoms with Crippen LogP contribution in [0.15, 0.2) is 150 Å². The van der Waals surface area contributed by atoms with Crippen molar-refractivity contribution in [3.8, 4) is 28.7 Å². The van der Waals surface area contributed by atoms with Gasteiger partial charge in [-0.2, -0.15) is 15.3 Å². The van der Waals surface area contributed by atoms with Crippen LogP contribution < -0.4 is 16.3 Å². The number of hydrazone groups is 3. The van der Waals surface area contributed by atoms with Gasteiger partial charge in [0.05, 0.1) is 38.7 Å². The second kappa shape index (κ2) is 26.3. The van der Waals surface area contributed by atoms with Crippen molar-refractivity contribution in [2.75, 3.05) is 0 Å². The molecule has 8 N–H and O–H groups in total. The van der Waals surface area contributed by atoms with Crippen LogP contribution in [0.2, 0.25) is 0 Å². The number of aryl methyl sites for hydroxylation is 1. The third kappa shape index (κ3) is 17.1. The van der Waals surface area contributed by atoms with E-state index in [2.05, 4.69) is 143 Å². The van der Waals surface area contributed by atoms with Gasteiger partial charge in [-0.05, 0) is 141 Å². The van der Waals surface area contributed by atoms with Gasteiger partial charge in [0.1, 0.15) is 28.7 Å². The van der Waals surface area contributed by atoms with Crippen molar-refractivity contribution in [3.05, 3.63) is 173 Å². The molecule has 338 valence electrons. The smallest absolute Gasteiger partial charge is 0.275 e. The number of carbonyl (C=O) groups is 3. The molecule has 0 atom stereocenters. The first kappa shape index (κ1) is 54.4. The Morgan fingerprint density at radius 3 is 1.40 bits per heavy atom. The molecule has 0 radical (unpaired) electrons. The summed E-state index contributed by atoms with van der Waals surface area (Å²) in [6, 6.07) is 27.8. The van der Waals surface area contributed by atoms with E-state index in [0.717, 1.165) is 19.0 Å². The fourth-order valence-electron chi connectivity index (χ4n) is 4.85. The van der Waals surface area contributed by atoms with Gasteiger partial charge in [-0.15, -0.1) is 0 Å². The number of hydrogen-bond donors (Lipinski definition) is 8. The largest absolute Gasteiger partial charge is 0.507 e. The van der Waals surface area contributed by atoms with Crippen LogP contribution in [0, 0.1) is 6.92 Å². The minimum absolute atomic E-state index is 0. The van der Waals surface area contributed by atoms with Gasteiger partial charge in [0, 0.05) is 44.6 Å². The van der Waals surface area contributed by atoms with Crippen molar-refractivity contribution < 1.29 is 39.9 Å². The van der Waals surface area contributed by atoms with E-state index < -0.39 is 11.8 Å². The molecule has 0 aromatic heterocycles. The Morgan fingerprint density at radius 1 is 0.462 bits per heavy atom. The molecular formula is C44H35Br7N6O8. The lowest BCUT2D eigenvalue weighted by molar-refractivity contribution is 0.0944. The summed E-state index contributed by atoms with van der Waals surface area (Å²) in [6.45, 7) is 1.90. The summed E-state index contributed by atoms with van der Waals surface area (Å²) in [7, 11) is 0. The Balaban J connectivity index is 0.000000257. The Bertz CT molecular complexity index is 2790. The Kier molecular flexibility index (Phi) is 22.0. The lowest BCUT2D eigenvalue weighted by Gasteiger charge is -2.04. The van der Waals surface area contributed by atoms with Crippen molar-refractivity contribution in [1.29, 1.82) is 0 Å². The zero-order chi connectivity index (χ0) is 47.1. The van der Waals surface area contributed by atoms with Gasteiger partial charge in [-0.1, -0.05) is 93.1 Å². The second-order valence-corrected chi connectivity index (χ2v) is 18.9. The Hall–Kier alpha value is -4.90. The molecule has 0 saturated heterocycles. The van der Waals surface area contributed by atoms with E-state index in [4.69, 9.17) is 0 Å². The fraction of sp³-hybridized carbons (Fsp3) is 0.0455. The Morgan fingerprint density at radius 2 is 0.877 bits per heavy atom. The summed E-state index contributed by atoms with van der Waals surface area (Å²) in [5.41, 5.74) is 10.0. The summed E-state index contributed by atoms with van der Waals surface area (Å²) in [5.74, 6) is -1.60. The maximum atomic E-state index is 11.9. The number of benzene rings is 6. The maximum Gasteiger partial charge on any atom is 0.275 e. The second-order valence-electron chi connectivity index (χ2n) is 12.6. The van der Waals surface area contributed by atoms with Gasteiger partial charge in [-0.3, -0.25) is 14.4 Å². The van der Waals surface area contributed by atoms with Gasteiger partial charge in [0.25, 0.3) is 17.7 Å². The number of carbonyl (C=O) groups excluding carboxylic acids is 3. The van der Waals surface area contributed by atoms with Crippen molar-refractivity contribution >= 4 is 148 Å². The van der Waals surface area contributed by atoms with Crippen LogP contribution >= 0.6 is 112 Å². The molecular weight excluding hydrogens is 1300 g/mol. The van der Waals surface area contributed by atoms with Crippen molar-refractivity contribution in [1.82, 2.24) is 16.3 Å². The molecule has 0 aliphatic carbocycles. The first-order valence-electron chi connectivity index (χ1n) is 17.7. The monoisotopic (exact) mass is 1330 g/mol. The van der Waals surface area contributed by atoms with Crippen LogP contribution in [0.25, 0.3) is 0 Å². The third-order valence-corrected chi connectivity index (χ3v) is 11.5. The van der Waals surface area contributed by atoms with Crippen molar-refractivity contribution in [2.24, 2.45) is 15.3 Å². The van der Waals surface area contributed by atoms with E-state index >= 15 is 0 Å². The van der Waals surface area contributed by atoms with Gasteiger partial charge >= 0.3 is 0 Å². The SMILES string of the molecule is C.Cc1cc(Br)c(O)c(/C=N/NC(=O)c2cccc(Br)c2)c1.O=C(N/N=C/c1cc(Br)cc(Br)c1O)c1cc(Br)ccc1O.O=C(N/N=C/c1cc(Br)ccc1O)c1cc(Br)ccc1O. The summed E-state index contributed by atoms with van der Waals surface area (Å²) in [4.78, 5) is 35.7. The molecule has 6 rings (SSSR count). The van der Waals surface area contributed by atoms with Gasteiger partial charge in [0.2, 0.25) is 0 Å². The number of nitrogens with one attached hydrogen (secondary N) is 3.